The van der Waals surface area contributed by atoms with Gasteiger partial charge in [-0.25, -0.2) is 0 Å². The van der Waals surface area contributed by atoms with Crippen LogP contribution in [0.4, 0.5) is 13.2 Å². The lowest BCUT2D eigenvalue weighted by Crippen LogP contribution is -2.48. The third-order valence-electron chi connectivity index (χ3n) is 4.66. The lowest BCUT2D eigenvalue weighted by molar-refractivity contribution is -0.183. The van der Waals surface area contributed by atoms with Gasteiger partial charge >= 0.3 is 6.18 Å². The van der Waals surface area contributed by atoms with Gasteiger partial charge in [-0.2, -0.15) is 13.2 Å². The normalized spacial score (nSPS) is 21.3. The Labute approximate surface area is 181 Å². The van der Waals surface area contributed by atoms with E-state index in [1.54, 1.807) is 14.2 Å². The Morgan fingerprint density at radius 1 is 1.25 bits per heavy atom. The summed E-state index contributed by atoms with van der Waals surface area (Å²) in [6.45, 7) is 2.35. The Morgan fingerprint density at radius 3 is 2.54 bits per heavy atom. The van der Waals surface area contributed by atoms with Crippen LogP contribution in [0.3, 0.4) is 0 Å². The molecule has 1 aromatic carbocycles. The monoisotopic (exact) mass is 515 g/mol. The summed E-state index contributed by atoms with van der Waals surface area (Å²) in [7, 11) is 3.18. The van der Waals surface area contributed by atoms with Crippen LogP contribution in [0.1, 0.15) is 32.6 Å². The van der Waals surface area contributed by atoms with Crippen LogP contribution in [0.25, 0.3) is 0 Å². The molecule has 0 aliphatic heterocycles. The van der Waals surface area contributed by atoms with E-state index in [9.17, 15) is 13.2 Å². The van der Waals surface area contributed by atoms with E-state index in [1.165, 1.54) is 0 Å². The number of alkyl halides is 3. The largest absolute Gasteiger partial charge is 0.493 e. The fraction of sp³-hybridized carbons (Fsp3) is 0.632. The third kappa shape index (κ3) is 7.56. The van der Waals surface area contributed by atoms with Gasteiger partial charge in [-0.15, -0.1) is 24.0 Å². The number of rotatable bonds is 6. The van der Waals surface area contributed by atoms with E-state index in [2.05, 4.69) is 15.6 Å². The highest BCUT2D eigenvalue weighted by molar-refractivity contribution is 14.0. The number of hydrogen-bond acceptors (Lipinski definition) is 3. The number of halogens is 4. The number of nitrogens with zero attached hydrogens (tertiary/aromatic N) is 1. The Hall–Kier alpha value is -1.39. The molecular weight excluding hydrogens is 486 g/mol. The molecule has 1 aromatic rings. The van der Waals surface area contributed by atoms with Crippen LogP contribution in [-0.4, -0.2) is 45.0 Å². The van der Waals surface area contributed by atoms with Crippen molar-refractivity contribution < 1.29 is 22.6 Å². The second-order valence-corrected chi connectivity index (χ2v) is 6.78. The van der Waals surface area contributed by atoms with E-state index in [0.717, 1.165) is 0 Å². The lowest BCUT2D eigenvalue weighted by atomic mass is 9.85. The van der Waals surface area contributed by atoms with Crippen LogP contribution in [-0.2, 0) is 0 Å². The standard InChI is InChI=1S/C19H28F3N3O2.HI/c1-13(27-17-10-5-4-9-16(17)26-3)12-24-18(23-2)25-15-8-6-7-14(11-15)19(20,21)22;/h4-5,9-10,13-15H,6-8,11-12H2,1-3H3,(H2,23,24,25);1H. The Morgan fingerprint density at radius 2 is 1.93 bits per heavy atom. The smallest absolute Gasteiger partial charge is 0.391 e. The maximum absolute atomic E-state index is 13.0. The van der Waals surface area contributed by atoms with E-state index >= 15 is 0 Å². The summed E-state index contributed by atoms with van der Waals surface area (Å²) >= 11 is 0. The highest BCUT2D eigenvalue weighted by atomic mass is 127. The van der Waals surface area contributed by atoms with Gasteiger partial charge in [0.05, 0.1) is 19.6 Å². The minimum absolute atomic E-state index is 0. The Kier molecular flexibility index (Phi) is 10.2. The zero-order valence-electron chi connectivity index (χ0n) is 16.4. The van der Waals surface area contributed by atoms with Gasteiger partial charge in [0.25, 0.3) is 0 Å². The molecule has 1 aliphatic rings. The zero-order valence-corrected chi connectivity index (χ0v) is 18.7. The molecule has 9 heteroatoms. The van der Waals surface area contributed by atoms with Gasteiger partial charge in [0, 0.05) is 13.1 Å². The summed E-state index contributed by atoms with van der Waals surface area (Å²) in [6, 6.07) is 7.12. The molecular formula is C19H29F3IN3O2. The topological polar surface area (TPSA) is 54.9 Å². The van der Waals surface area contributed by atoms with Gasteiger partial charge in [-0.3, -0.25) is 4.99 Å². The Balaban J connectivity index is 0.00000392. The molecule has 0 heterocycles. The quantitative estimate of drug-likeness (QED) is 0.336. The number of nitrogens with one attached hydrogen (secondary N) is 2. The van der Waals surface area contributed by atoms with Crippen molar-refractivity contribution >= 4 is 29.9 Å². The first kappa shape index (κ1) is 24.6. The van der Waals surface area contributed by atoms with Gasteiger partial charge in [0.1, 0.15) is 6.10 Å². The second kappa shape index (κ2) is 11.6. The molecule has 0 spiro atoms. The molecule has 1 aliphatic carbocycles. The molecule has 2 rings (SSSR count). The number of hydrogen-bond donors (Lipinski definition) is 2. The summed E-state index contributed by atoms with van der Waals surface area (Å²) in [4.78, 5) is 4.12. The number of benzene rings is 1. The summed E-state index contributed by atoms with van der Waals surface area (Å²) in [5.41, 5.74) is 0. The van der Waals surface area contributed by atoms with Crippen molar-refractivity contribution in [1.82, 2.24) is 10.6 Å². The lowest BCUT2D eigenvalue weighted by Gasteiger charge is -2.32. The minimum Gasteiger partial charge on any atom is -0.493 e. The molecule has 1 saturated carbocycles. The van der Waals surface area contributed by atoms with E-state index < -0.39 is 12.1 Å². The van der Waals surface area contributed by atoms with Crippen LogP contribution in [0.15, 0.2) is 29.3 Å². The average molecular weight is 515 g/mol. The third-order valence-corrected chi connectivity index (χ3v) is 4.66. The van der Waals surface area contributed by atoms with Crippen molar-refractivity contribution in [3.05, 3.63) is 24.3 Å². The maximum Gasteiger partial charge on any atom is 0.391 e. The molecule has 1 fully saturated rings. The summed E-state index contributed by atoms with van der Waals surface area (Å²) in [5.74, 6) is 0.526. The van der Waals surface area contributed by atoms with E-state index in [4.69, 9.17) is 9.47 Å². The fourth-order valence-electron chi connectivity index (χ4n) is 3.22. The highest BCUT2D eigenvalue weighted by Gasteiger charge is 2.42. The number of aliphatic imine (C=N–C) groups is 1. The van der Waals surface area contributed by atoms with Crippen molar-refractivity contribution in [3.8, 4) is 11.5 Å². The van der Waals surface area contributed by atoms with Gasteiger partial charge in [-0.1, -0.05) is 18.6 Å². The van der Waals surface area contributed by atoms with E-state index in [1.807, 2.05) is 31.2 Å². The van der Waals surface area contributed by atoms with Gasteiger partial charge in [0.2, 0.25) is 0 Å². The first-order valence-corrected chi connectivity index (χ1v) is 9.17. The molecule has 0 saturated heterocycles. The molecule has 3 unspecified atom stereocenters. The molecule has 160 valence electrons. The number of para-hydroxylation sites is 2. The maximum atomic E-state index is 13.0. The van der Waals surface area contributed by atoms with E-state index in [0.29, 0.717) is 36.8 Å². The highest BCUT2D eigenvalue weighted by Crippen LogP contribution is 2.37. The van der Waals surface area contributed by atoms with Crippen LogP contribution >= 0.6 is 24.0 Å². The number of ether oxygens (including phenoxy) is 2. The van der Waals surface area contributed by atoms with Crippen LogP contribution < -0.4 is 20.1 Å². The molecule has 2 N–H and O–H groups in total. The predicted molar refractivity (Wildman–Crippen MR) is 115 cm³/mol. The van der Waals surface area contributed by atoms with Crippen LogP contribution in [0, 0.1) is 5.92 Å². The van der Waals surface area contributed by atoms with Crippen LogP contribution in [0.5, 0.6) is 11.5 Å². The SMILES string of the molecule is CN=C(NCC(C)Oc1ccccc1OC)NC1CCCC(C(F)(F)F)C1.I. The van der Waals surface area contributed by atoms with Crippen molar-refractivity contribution in [3.63, 3.8) is 0 Å². The summed E-state index contributed by atoms with van der Waals surface area (Å²) in [5, 5.41) is 6.23. The second-order valence-electron chi connectivity index (χ2n) is 6.78. The average Bonchev–Trinajstić information content (AvgIpc) is 2.65. The summed E-state index contributed by atoms with van der Waals surface area (Å²) < 4.78 is 50.0. The van der Waals surface area contributed by atoms with E-state index in [-0.39, 0.29) is 49.0 Å². The molecule has 0 amide bonds. The van der Waals surface area contributed by atoms with Crippen LogP contribution in [0.2, 0.25) is 0 Å². The zero-order chi connectivity index (χ0) is 19.9. The van der Waals surface area contributed by atoms with Gasteiger partial charge < -0.3 is 20.1 Å². The summed E-state index contributed by atoms with van der Waals surface area (Å²) in [6.07, 6.45) is -2.76. The number of methoxy groups -OCH3 is 1. The number of guanidine groups is 1. The molecule has 0 radical (unpaired) electrons. The molecule has 0 aromatic heterocycles. The van der Waals surface area contributed by atoms with Crippen molar-refractivity contribution in [2.24, 2.45) is 10.9 Å². The van der Waals surface area contributed by atoms with Crippen molar-refractivity contribution in [2.75, 3.05) is 20.7 Å². The minimum atomic E-state index is -4.13. The van der Waals surface area contributed by atoms with Crippen molar-refractivity contribution in [1.29, 1.82) is 0 Å². The fourth-order valence-corrected chi connectivity index (χ4v) is 3.22. The molecule has 5 nitrogen and oxygen atoms in total. The van der Waals surface area contributed by atoms with Crippen molar-refractivity contribution in [2.45, 2.75) is 50.9 Å². The Bertz CT molecular complexity index is 629. The first-order valence-electron chi connectivity index (χ1n) is 9.17. The molecule has 28 heavy (non-hydrogen) atoms. The van der Waals surface area contributed by atoms with Gasteiger partial charge in [0.15, 0.2) is 17.5 Å². The molecule has 0 bridgehead atoms. The molecule has 3 atom stereocenters. The first-order chi connectivity index (χ1) is 12.8. The predicted octanol–water partition coefficient (Wildman–Crippen LogP) is 4.37. The van der Waals surface area contributed by atoms with Gasteiger partial charge in [-0.05, 0) is 38.3 Å².